The molecule has 1 rings (SSSR count). The maximum atomic E-state index is 11.6. The third-order valence-electron chi connectivity index (χ3n) is 2.45. The normalized spacial score (nSPS) is 13.8. The van der Waals surface area contributed by atoms with Crippen LogP contribution >= 0.6 is 11.3 Å². The molecular weight excluding hydrogens is 220 g/mol. The highest BCUT2D eigenvalue weighted by Gasteiger charge is 2.17. The Morgan fingerprint density at radius 1 is 1.69 bits per heavy atom. The Kier molecular flexibility index (Phi) is 5.00. The maximum absolute atomic E-state index is 11.6. The molecule has 86 valence electrons. The van der Waals surface area contributed by atoms with Gasteiger partial charge in [0, 0.05) is 17.3 Å². The fourth-order valence-electron chi connectivity index (χ4n) is 1.32. The Morgan fingerprint density at radius 3 is 2.94 bits per heavy atom. The molecule has 0 fully saturated rings. The molecule has 0 saturated heterocycles. The van der Waals surface area contributed by atoms with Gasteiger partial charge in [-0.05, 0) is 24.8 Å². The molecule has 0 saturated carbocycles. The van der Waals surface area contributed by atoms with Crippen molar-refractivity contribution in [2.75, 3.05) is 0 Å². The quantitative estimate of drug-likeness (QED) is 0.854. The first-order chi connectivity index (χ1) is 7.67. The van der Waals surface area contributed by atoms with Crippen LogP contribution in [0.5, 0.6) is 0 Å². The largest absolute Gasteiger partial charge is 0.354 e. The molecule has 1 aromatic rings. The summed E-state index contributed by atoms with van der Waals surface area (Å²) in [4.78, 5) is 12.6. The number of carbonyl (C=O) groups excluding carboxylic acids is 1. The first-order valence-corrected chi connectivity index (χ1v) is 6.27. The zero-order chi connectivity index (χ0) is 12.0. The van der Waals surface area contributed by atoms with Gasteiger partial charge in [-0.1, -0.05) is 13.0 Å². The lowest BCUT2D eigenvalue weighted by molar-refractivity contribution is -0.121. The molecule has 16 heavy (non-hydrogen) atoms. The lowest BCUT2D eigenvalue weighted by Crippen LogP contribution is -2.32. The van der Waals surface area contributed by atoms with Crippen molar-refractivity contribution < 1.29 is 4.79 Å². The molecule has 1 aromatic heterocycles. The van der Waals surface area contributed by atoms with Crippen LogP contribution in [0.1, 0.15) is 37.5 Å². The summed E-state index contributed by atoms with van der Waals surface area (Å²) in [6, 6.07) is 6.15. The molecule has 0 aromatic carbocycles. The number of carbonyl (C=O) groups is 1. The van der Waals surface area contributed by atoms with Gasteiger partial charge >= 0.3 is 0 Å². The van der Waals surface area contributed by atoms with Gasteiger partial charge in [0.05, 0.1) is 12.0 Å². The third kappa shape index (κ3) is 3.67. The van der Waals surface area contributed by atoms with Gasteiger partial charge in [0.1, 0.15) is 0 Å². The fourth-order valence-corrected chi connectivity index (χ4v) is 2.09. The number of nitrogens with one attached hydrogen (secondary N) is 1. The summed E-state index contributed by atoms with van der Waals surface area (Å²) < 4.78 is 0. The second-order valence-electron chi connectivity index (χ2n) is 3.78. The number of rotatable bonds is 5. The summed E-state index contributed by atoms with van der Waals surface area (Å²) in [5.41, 5.74) is 0. The van der Waals surface area contributed by atoms with E-state index in [-0.39, 0.29) is 24.3 Å². The molecule has 2 unspecified atom stereocenters. The summed E-state index contributed by atoms with van der Waals surface area (Å²) in [5, 5.41) is 13.8. The van der Waals surface area contributed by atoms with Gasteiger partial charge in [-0.25, -0.2) is 0 Å². The SMILES string of the molecule is CCC(C)NC(=O)CC(C#N)c1cccs1. The second-order valence-corrected chi connectivity index (χ2v) is 4.76. The smallest absolute Gasteiger partial charge is 0.221 e. The standard InChI is InChI=1S/C12H16N2OS/c1-3-9(2)14-12(15)7-10(8-13)11-5-4-6-16-11/h4-6,9-10H,3,7H2,1-2H3,(H,14,15). The van der Waals surface area contributed by atoms with E-state index >= 15 is 0 Å². The predicted octanol–water partition coefficient (Wildman–Crippen LogP) is 2.66. The number of amides is 1. The van der Waals surface area contributed by atoms with E-state index in [1.54, 1.807) is 0 Å². The van der Waals surface area contributed by atoms with Crippen molar-refractivity contribution in [2.45, 2.75) is 38.6 Å². The zero-order valence-corrected chi connectivity index (χ0v) is 10.4. The minimum absolute atomic E-state index is 0.0469. The van der Waals surface area contributed by atoms with Gasteiger partial charge in [-0.15, -0.1) is 11.3 Å². The van der Waals surface area contributed by atoms with Crippen LogP contribution in [-0.4, -0.2) is 11.9 Å². The highest BCUT2D eigenvalue weighted by atomic mass is 32.1. The monoisotopic (exact) mass is 236 g/mol. The van der Waals surface area contributed by atoms with Crippen molar-refractivity contribution >= 4 is 17.2 Å². The van der Waals surface area contributed by atoms with Crippen LogP contribution in [0.15, 0.2) is 17.5 Å². The predicted molar refractivity (Wildman–Crippen MR) is 65.2 cm³/mol. The molecule has 1 amide bonds. The van der Waals surface area contributed by atoms with E-state index in [0.717, 1.165) is 11.3 Å². The molecule has 0 aliphatic heterocycles. The number of nitriles is 1. The van der Waals surface area contributed by atoms with Crippen LogP contribution in [0.3, 0.4) is 0 Å². The lowest BCUT2D eigenvalue weighted by Gasteiger charge is -2.12. The maximum Gasteiger partial charge on any atom is 0.221 e. The summed E-state index contributed by atoms with van der Waals surface area (Å²) in [6.45, 7) is 3.98. The molecule has 0 aliphatic carbocycles. The van der Waals surface area contributed by atoms with E-state index in [2.05, 4.69) is 11.4 Å². The topological polar surface area (TPSA) is 52.9 Å². The van der Waals surface area contributed by atoms with Crippen molar-refractivity contribution in [3.8, 4) is 6.07 Å². The fraction of sp³-hybridized carbons (Fsp3) is 0.500. The summed E-state index contributed by atoms with van der Waals surface area (Å²) >= 11 is 1.52. The van der Waals surface area contributed by atoms with E-state index in [1.807, 2.05) is 31.4 Å². The van der Waals surface area contributed by atoms with Gasteiger partial charge in [-0.3, -0.25) is 4.79 Å². The Bertz CT molecular complexity index is 367. The molecule has 0 bridgehead atoms. The molecule has 0 spiro atoms. The van der Waals surface area contributed by atoms with Gasteiger partial charge in [0.15, 0.2) is 0 Å². The summed E-state index contributed by atoms with van der Waals surface area (Å²) in [5.74, 6) is -0.363. The molecular formula is C12H16N2OS. The van der Waals surface area contributed by atoms with Crippen molar-refractivity contribution in [3.63, 3.8) is 0 Å². The first-order valence-electron chi connectivity index (χ1n) is 5.39. The van der Waals surface area contributed by atoms with E-state index in [9.17, 15) is 4.79 Å². The van der Waals surface area contributed by atoms with E-state index in [4.69, 9.17) is 5.26 Å². The molecule has 3 nitrogen and oxygen atoms in total. The number of hydrogen-bond donors (Lipinski definition) is 1. The van der Waals surface area contributed by atoms with Crippen molar-refractivity contribution in [1.29, 1.82) is 5.26 Å². The van der Waals surface area contributed by atoms with E-state index < -0.39 is 0 Å². The van der Waals surface area contributed by atoms with Crippen molar-refractivity contribution in [1.82, 2.24) is 5.32 Å². The van der Waals surface area contributed by atoms with Crippen LogP contribution in [0.2, 0.25) is 0 Å². The highest BCUT2D eigenvalue weighted by molar-refractivity contribution is 7.10. The average molecular weight is 236 g/mol. The Hall–Kier alpha value is -1.34. The Labute approximate surface area is 100 Å². The van der Waals surface area contributed by atoms with Crippen LogP contribution < -0.4 is 5.32 Å². The average Bonchev–Trinajstić information content (AvgIpc) is 2.79. The Balaban J connectivity index is 2.52. The molecule has 0 aliphatic rings. The number of nitrogens with zero attached hydrogens (tertiary/aromatic N) is 1. The second kappa shape index (κ2) is 6.29. The van der Waals surface area contributed by atoms with Crippen molar-refractivity contribution in [2.24, 2.45) is 0 Å². The van der Waals surface area contributed by atoms with E-state index in [0.29, 0.717) is 0 Å². The van der Waals surface area contributed by atoms with Gasteiger partial charge < -0.3 is 5.32 Å². The zero-order valence-electron chi connectivity index (χ0n) is 9.56. The molecule has 2 atom stereocenters. The summed E-state index contributed by atoms with van der Waals surface area (Å²) in [7, 11) is 0. The van der Waals surface area contributed by atoms with Gasteiger partial charge in [-0.2, -0.15) is 5.26 Å². The third-order valence-corrected chi connectivity index (χ3v) is 3.44. The molecule has 1 N–H and O–H groups in total. The molecule has 0 radical (unpaired) electrons. The van der Waals surface area contributed by atoms with Gasteiger partial charge in [0.2, 0.25) is 5.91 Å². The van der Waals surface area contributed by atoms with Crippen LogP contribution in [0, 0.1) is 11.3 Å². The molecule has 4 heteroatoms. The Morgan fingerprint density at radius 2 is 2.44 bits per heavy atom. The number of hydrogen-bond acceptors (Lipinski definition) is 3. The summed E-state index contributed by atoms with van der Waals surface area (Å²) in [6.07, 6.45) is 1.16. The lowest BCUT2D eigenvalue weighted by atomic mass is 10.0. The minimum Gasteiger partial charge on any atom is -0.354 e. The van der Waals surface area contributed by atoms with E-state index in [1.165, 1.54) is 11.3 Å². The van der Waals surface area contributed by atoms with Crippen LogP contribution in [0.4, 0.5) is 0 Å². The van der Waals surface area contributed by atoms with Crippen LogP contribution in [-0.2, 0) is 4.79 Å². The van der Waals surface area contributed by atoms with Gasteiger partial charge in [0.25, 0.3) is 0 Å². The molecule has 1 heterocycles. The number of thiophene rings is 1. The van der Waals surface area contributed by atoms with Crippen molar-refractivity contribution in [3.05, 3.63) is 22.4 Å². The highest BCUT2D eigenvalue weighted by Crippen LogP contribution is 2.23. The first kappa shape index (κ1) is 12.7. The minimum atomic E-state index is -0.316. The van der Waals surface area contributed by atoms with Crippen LogP contribution in [0.25, 0.3) is 0 Å².